The highest BCUT2D eigenvalue weighted by atomic mass is 16.5. The molecular weight excluding hydrogens is 410 g/mol. The van der Waals surface area contributed by atoms with Gasteiger partial charge in [-0.05, 0) is 27.7 Å². The standard InChI is InChI=1S/C22H33N7O3/c1-13(2)29(14(3)4)9-8-23-20-18-21(25-12-24-20)28-22(27-18)26-15-10-16(30-5)19(32-7)17(11-15)31-6/h10-14H,8-9H2,1-7H3,(H3,23,24,25,26,27,28). The Morgan fingerprint density at radius 1 is 0.969 bits per heavy atom. The van der Waals surface area contributed by atoms with E-state index in [1.54, 1.807) is 21.3 Å². The first kappa shape index (κ1) is 23.4. The van der Waals surface area contributed by atoms with Gasteiger partial charge in [0.1, 0.15) is 11.8 Å². The van der Waals surface area contributed by atoms with Crippen molar-refractivity contribution in [2.45, 2.75) is 39.8 Å². The summed E-state index contributed by atoms with van der Waals surface area (Å²) in [5.74, 6) is 2.87. The quantitative estimate of drug-likeness (QED) is 0.409. The van der Waals surface area contributed by atoms with E-state index < -0.39 is 0 Å². The molecule has 0 saturated heterocycles. The topological polar surface area (TPSA) is 109 Å². The molecule has 32 heavy (non-hydrogen) atoms. The van der Waals surface area contributed by atoms with E-state index in [9.17, 15) is 0 Å². The Morgan fingerprint density at radius 3 is 2.19 bits per heavy atom. The number of aromatic amines is 1. The maximum absolute atomic E-state index is 5.42. The molecule has 0 fully saturated rings. The maximum Gasteiger partial charge on any atom is 0.207 e. The van der Waals surface area contributed by atoms with Crippen molar-refractivity contribution in [2.75, 3.05) is 45.1 Å². The predicted molar refractivity (Wildman–Crippen MR) is 127 cm³/mol. The summed E-state index contributed by atoms with van der Waals surface area (Å²) in [4.78, 5) is 18.9. The first-order valence-corrected chi connectivity index (χ1v) is 10.6. The van der Waals surface area contributed by atoms with E-state index in [0.29, 0.717) is 46.7 Å². The zero-order valence-electron chi connectivity index (χ0n) is 19.8. The van der Waals surface area contributed by atoms with Crippen LogP contribution in [0, 0.1) is 0 Å². The molecule has 0 aliphatic rings. The van der Waals surface area contributed by atoms with Gasteiger partial charge in [0.2, 0.25) is 11.7 Å². The fourth-order valence-corrected chi connectivity index (χ4v) is 3.73. The van der Waals surface area contributed by atoms with Gasteiger partial charge in [-0.1, -0.05) is 0 Å². The third kappa shape index (κ3) is 5.13. The Bertz CT molecular complexity index is 1000. The molecule has 0 bridgehead atoms. The van der Waals surface area contributed by atoms with Crippen molar-refractivity contribution in [3.8, 4) is 17.2 Å². The summed E-state index contributed by atoms with van der Waals surface area (Å²) in [5.41, 5.74) is 2.04. The van der Waals surface area contributed by atoms with E-state index in [-0.39, 0.29) is 0 Å². The Kier molecular flexibility index (Phi) is 7.57. The predicted octanol–water partition coefficient (Wildman–Crippen LogP) is 3.65. The molecule has 0 aliphatic carbocycles. The second kappa shape index (κ2) is 10.4. The molecule has 0 aliphatic heterocycles. The van der Waals surface area contributed by atoms with E-state index in [1.807, 2.05) is 12.1 Å². The van der Waals surface area contributed by atoms with Gasteiger partial charge in [-0.25, -0.2) is 9.97 Å². The molecule has 0 amide bonds. The number of fused-ring (bicyclic) bond motifs is 1. The summed E-state index contributed by atoms with van der Waals surface area (Å²) in [5, 5.41) is 6.65. The molecule has 2 aromatic heterocycles. The highest BCUT2D eigenvalue weighted by Crippen LogP contribution is 2.40. The fraction of sp³-hybridized carbons (Fsp3) is 0.500. The lowest BCUT2D eigenvalue weighted by atomic mass is 10.2. The number of methoxy groups -OCH3 is 3. The van der Waals surface area contributed by atoms with Crippen LogP contribution in [0.4, 0.5) is 17.5 Å². The van der Waals surface area contributed by atoms with Crippen molar-refractivity contribution in [3.05, 3.63) is 18.5 Å². The van der Waals surface area contributed by atoms with Crippen LogP contribution in [0.2, 0.25) is 0 Å². The van der Waals surface area contributed by atoms with Gasteiger partial charge < -0.3 is 29.8 Å². The van der Waals surface area contributed by atoms with E-state index in [1.165, 1.54) is 6.33 Å². The summed E-state index contributed by atoms with van der Waals surface area (Å²) in [6.07, 6.45) is 1.51. The van der Waals surface area contributed by atoms with Gasteiger partial charge in [-0.2, -0.15) is 4.98 Å². The fourth-order valence-electron chi connectivity index (χ4n) is 3.73. The zero-order chi connectivity index (χ0) is 23.3. The number of hydrogen-bond donors (Lipinski definition) is 3. The van der Waals surface area contributed by atoms with Crippen molar-refractivity contribution in [1.29, 1.82) is 0 Å². The number of ether oxygens (including phenoxy) is 3. The van der Waals surface area contributed by atoms with Crippen molar-refractivity contribution in [3.63, 3.8) is 0 Å². The molecular formula is C22H33N7O3. The van der Waals surface area contributed by atoms with Gasteiger partial charge in [0.15, 0.2) is 23.0 Å². The second-order valence-corrected chi connectivity index (χ2v) is 7.90. The van der Waals surface area contributed by atoms with Crippen LogP contribution >= 0.6 is 0 Å². The second-order valence-electron chi connectivity index (χ2n) is 7.90. The third-order valence-electron chi connectivity index (χ3n) is 5.20. The molecule has 2 heterocycles. The molecule has 3 N–H and O–H groups in total. The number of imidazole rings is 1. The molecule has 0 atom stereocenters. The van der Waals surface area contributed by atoms with Crippen LogP contribution in [-0.2, 0) is 0 Å². The van der Waals surface area contributed by atoms with E-state index in [0.717, 1.165) is 24.3 Å². The Morgan fingerprint density at radius 2 is 1.62 bits per heavy atom. The van der Waals surface area contributed by atoms with Crippen LogP contribution in [-0.4, -0.2) is 71.3 Å². The number of benzene rings is 1. The molecule has 0 radical (unpaired) electrons. The van der Waals surface area contributed by atoms with E-state index >= 15 is 0 Å². The molecule has 0 saturated carbocycles. The smallest absolute Gasteiger partial charge is 0.207 e. The maximum atomic E-state index is 5.42. The number of rotatable bonds is 11. The minimum absolute atomic E-state index is 0.476. The van der Waals surface area contributed by atoms with Gasteiger partial charge in [0, 0.05) is 43.0 Å². The molecule has 0 spiro atoms. The molecule has 3 aromatic rings. The van der Waals surface area contributed by atoms with Gasteiger partial charge in [0.25, 0.3) is 0 Å². The van der Waals surface area contributed by atoms with Crippen LogP contribution < -0.4 is 24.8 Å². The van der Waals surface area contributed by atoms with Crippen LogP contribution in [0.25, 0.3) is 11.2 Å². The third-order valence-corrected chi connectivity index (χ3v) is 5.20. The van der Waals surface area contributed by atoms with Gasteiger partial charge in [0.05, 0.1) is 21.3 Å². The first-order chi connectivity index (χ1) is 15.4. The van der Waals surface area contributed by atoms with Crippen LogP contribution in [0.1, 0.15) is 27.7 Å². The normalized spacial score (nSPS) is 11.4. The molecule has 174 valence electrons. The van der Waals surface area contributed by atoms with Crippen LogP contribution in [0.5, 0.6) is 17.2 Å². The SMILES string of the molecule is COc1cc(Nc2nc3ncnc(NCCN(C(C)C)C(C)C)c3[nH]2)cc(OC)c1OC. The largest absolute Gasteiger partial charge is 0.493 e. The summed E-state index contributed by atoms with van der Waals surface area (Å²) in [6, 6.07) is 4.57. The average Bonchev–Trinajstić information content (AvgIpc) is 3.18. The lowest BCUT2D eigenvalue weighted by Crippen LogP contribution is -2.40. The number of aromatic nitrogens is 4. The Hall–Kier alpha value is -3.27. The number of nitrogens with zero attached hydrogens (tertiary/aromatic N) is 4. The van der Waals surface area contributed by atoms with Crippen LogP contribution in [0.15, 0.2) is 18.5 Å². The highest BCUT2D eigenvalue weighted by Gasteiger charge is 2.16. The van der Waals surface area contributed by atoms with Crippen molar-refractivity contribution < 1.29 is 14.2 Å². The molecule has 10 nitrogen and oxygen atoms in total. The van der Waals surface area contributed by atoms with Crippen molar-refractivity contribution in [1.82, 2.24) is 24.8 Å². The first-order valence-electron chi connectivity index (χ1n) is 10.6. The van der Waals surface area contributed by atoms with Gasteiger partial charge in [-0.15, -0.1) is 0 Å². The number of nitrogens with one attached hydrogen (secondary N) is 3. The molecule has 10 heteroatoms. The summed E-state index contributed by atoms with van der Waals surface area (Å²) < 4.78 is 16.2. The lowest BCUT2D eigenvalue weighted by molar-refractivity contribution is 0.182. The van der Waals surface area contributed by atoms with Crippen LogP contribution in [0.3, 0.4) is 0 Å². The highest BCUT2D eigenvalue weighted by molar-refractivity contribution is 5.85. The summed E-state index contributed by atoms with van der Waals surface area (Å²) in [6.45, 7) is 10.5. The number of anilines is 3. The minimum Gasteiger partial charge on any atom is -0.493 e. The van der Waals surface area contributed by atoms with Gasteiger partial charge in [-0.3, -0.25) is 4.90 Å². The Labute approximate surface area is 188 Å². The zero-order valence-corrected chi connectivity index (χ0v) is 19.8. The van der Waals surface area contributed by atoms with Crippen molar-refractivity contribution in [2.24, 2.45) is 0 Å². The van der Waals surface area contributed by atoms with E-state index in [4.69, 9.17) is 14.2 Å². The van der Waals surface area contributed by atoms with E-state index in [2.05, 4.69) is 63.2 Å². The molecule has 3 rings (SSSR count). The lowest BCUT2D eigenvalue weighted by Gasteiger charge is -2.30. The monoisotopic (exact) mass is 443 g/mol. The summed E-state index contributed by atoms with van der Waals surface area (Å²) in [7, 11) is 4.73. The molecule has 0 unspecified atom stereocenters. The summed E-state index contributed by atoms with van der Waals surface area (Å²) >= 11 is 0. The van der Waals surface area contributed by atoms with Crippen molar-refractivity contribution >= 4 is 28.6 Å². The minimum atomic E-state index is 0.476. The molecule has 1 aromatic carbocycles. The van der Waals surface area contributed by atoms with Gasteiger partial charge >= 0.3 is 0 Å². The Balaban J connectivity index is 1.79. The number of H-pyrrole nitrogens is 1. The number of hydrogen-bond acceptors (Lipinski definition) is 9. The average molecular weight is 444 g/mol.